The van der Waals surface area contributed by atoms with Crippen LogP contribution in [0.2, 0.25) is 0 Å². The van der Waals surface area contributed by atoms with Gasteiger partial charge >= 0.3 is 0 Å². The van der Waals surface area contributed by atoms with Gasteiger partial charge in [0.2, 0.25) is 0 Å². The lowest BCUT2D eigenvalue weighted by Gasteiger charge is -2.17. The maximum absolute atomic E-state index is 8.97. The standard InChI is InChI=1S/C17H13N3OS2/c1-20(2)17(22)21-14-8-7-13-16(23-10-19-13)15(14)12-5-3-11(9-18)4-6-12/h3-8,10H,1-2H3. The minimum absolute atomic E-state index is 0.392. The number of nitrogens with zero attached hydrogens (tertiary/aromatic N) is 3. The van der Waals surface area contributed by atoms with Crippen LogP contribution in [-0.2, 0) is 0 Å². The Morgan fingerprint density at radius 2 is 1.96 bits per heavy atom. The van der Waals surface area contributed by atoms with Crippen molar-refractivity contribution in [2.75, 3.05) is 14.1 Å². The lowest BCUT2D eigenvalue weighted by Crippen LogP contribution is -2.25. The third kappa shape index (κ3) is 3.02. The van der Waals surface area contributed by atoms with Crippen molar-refractivity contribution < 1.29 is 4.74 Å². The molecule has 3 rings (SSSR count). The molecule has 6 heteroatoms. The summed E-state index contributed by atoms with van der Waals surface area (Å²) in [4.78, 5) is 6.11. The Kier molecular flexibility index (Phi) is 4.24. The molecule has 2 aromatic carbocycles. The number of thiocarbonyl (C=S) groups is 1. The zero-order valence-electron chi connectivity index (χ0n) is 12.6. The summed E-state index contributed by atoms with van der Waals surface area (Å²) in [6.07, 6.45) is 0. The van der Waals surface area contributed by atoms with Crippen LogP contribution in [0.15, 0.2) is 41.9 Å². The quantitative estimate of drug-likeness (QED) is 0.659. The zero-order chi connectivity index (χ0) is 16.4. The highest BCUT2D eigenvalue weighted by atomic mass is 32.1. The fraction of sp³-hybridized carbons (Fsp3) is 0.118. The third-order valence-corrected chi connectivity index (χ3v) is 4.63. The van der Waals surface area contributed by atoms with Gasteiger partial charge in [0.1, 0.15) is 5.75 Å². The minimum atomic E-state index is 0.392. The zero-order valence-corrected chi connectivity index (χ0v) is 14.2. The molecule has 0 atom stereocenters. The highest BCUT2D eigenvalue weighted by Crippen LogP contribution is 2.39. The molecule has 0 spiro atoms. The molecule has 0 aliphatic heterocycles. The molecule has 0 radical (unpaired) electrons. The van der Waals surface area contributed by atoms with E-state index in [1.54, 1.807) is 28.4 Å². The molecule has 3 aromatic rings. The van der Waals surface area contributed by atoms with Gasteiger partial charge in [0.25, 0.3) is 5.17 Å². The number of hydrogen-bond acceptors (Lipinski definition) is 5. The van der Waals surface area contributed by atoms with Gasteiger partial charge in [-0.05, 0) is 42.0 Å². The molecule has 0 unspecified atom stereocenters. The predicted molar refractivity (Wildman–Crippen MR) is 96.7 cm³/mol. The normalized spacial score (nSPS) is 10.3. The summed E-state index contributed by atoms with van der Waals surface area (Å²) in [5.41, 5.74) is 5.26. The van der Waals surface area contributed by atoms with E-state index in [-0.39, 0.29) is 0 Å². The minimum Gasteiger partial charge on any atom is -0.431 e. The van der Waals surface area contributed by atoms with E-state index in [2.05, 4.69) is 11.1 Å². The molecule has 23 heavy (non-hydrogen) atoms. The van der Waals surface area contributed by atoms with Crippen LogP contribution < -0.4 is 4.74 Å². The van der Waals surface area contributed by atoms with E-state index in [0.717, 1.165) is 21.3 Å². The highest BCUT2D eigenvalue weighted by Gasteiger charge is 2.15. The van der Waals surface area contributed by atoms with Crippen molar-refractivity contribution in [3.8, 4) is 22.9 Å². The second-order valence-electron chi connectivity index (χ2n) is 5.09. The number of nitriles is 1. The Balaban J connectivity index is 2.16. The number of hydrogen-bond donors (Lipinski definition) is 0. The van der Waals surface area contributed by atoms with Gasteiger partial charge in [0.05, 0.1) is 27.4 Å². The third-order valence-electron chi connectivity index (χ3n) is 3.33. The Morgan fingerprint density at radius 1 is 1.22 bits per heavy atom. The summed E-state index contributed by atoms with van der Waals surface area (Å²) in [6.45, 7) is 0. The summed E-state index contributed by atoms with van der Waals surface area (Å²) < 4.78 is 6.90. The predicted octanol–water partition coefficient (Wildman–Crippen LogP) is 4.06. The summed E-state index contributed by atoms with van der Waals surface area (Å²) in [5.74, 6) is 0.685. The molecule has 4 nitrogen and oxygen atoms in total. The number of fused-ring (bicyclic) bond motifs is 1. The van der Waals surface area contributed by atoms with Crippen molar-refractivity contribution in [2.45, 2.75) is 0 Å². The average Bonchev–Trinajstić information content (AvgIpc) is 3.03. The second-order valence-corrected chi connectivity index (χ2v) is 6.29. The average molecular weight is 339 g/mol. The first-order valence-corrected chi connectivity index (χ1v) is 8.15. The van der Waals surface area contributed by atoms with Crippen molar-refractivity contribution in [1.82, 2.24) is 9.88 Å². The van der Waals surface area contributed by atoms with Crippen LogP contribution in [-0.4, -0.2) is 29.2 Å². The van der Waals surface area contributed by atoms with Crippen molar-refractivity contribution in [3.05, 3.63) is 47.5 Å². The van der Waals surface area contributed by atoms with Gasteiger partial charge in [-0.1, -0.05) is 12.1 Å². The Labute approximate surface area is 143 Å². The van der Waals surface area contributed by atoms with Gasteiger partial charge in [0.15, 0.2) is 0 Å². The molecule has 0 fully saturated rings. The second kappa shape index (κ2) is 6.32. The van der Waals surface area contributed by atoms with Crippen LogP contribution in [0.5, 0.6) is 5.75 Å². The molecule has 0 bridgehead atoms. The first kappa shape index (κ1) is 15.4. The number of rotatable bonds is 2. The molecule has 114 valence electrons. The molecular weight excluding hydrogens is 326 g/mol. The van der Waals surface area contributed by atoms with Gasteiger partial charge in [-0.25, -0.2) is 4.98 Å². The van der Waals surface area contributed by atoms with Crippen LogP contribution >= 0.6 is 23.6 Å². The molecule has 0 aliphatic carbocycles. The molecule has 0 saturated carbocycles. The summed E-state index contributed by atoms with van der Waals surface area (Å²) in [5, 5.41) is 9.36. The number of ether oxygens (including phenoxy) is 1. The SMILES string of the molecule is CN(C)C(=S)Oc1ccc2ncsc2c1-c1ccc(C#N)cc1. The maximum Gasteiger partial charge on any atom is 0.264 e. The number of benzene rings is 2. The molecule has 0 aliphatic rings. The van der Waals surface area contributed by atoms with E-state index in [4.69, 9.17) is 22.2 Å². The topological polar surface area (TPSA) is 49.1 Å². The maximum atomic E-state index is 8.97. The molecule has 0 saturated heterocycles. The van der Waals surface area contributed by atoms with Crippen LogP contribution in [0.1, 0.15) is 5.56 Å². The van der Waals surface area contributed by atoms with Crippen LogP contribution in [0.25, 0.3) is 21.3 Å². The van der Waals surface area contributed by atoms with E-state index >= 15 is 0 Å². The lowest BCUT2D eigenvalue weighted by molar-refractivity contribution is 0.451. The molecule has 1 aromatic heterocycles. The van der Waals surface area contributed by atoms with Crippen molar-refractivity contribution >= 4 is 38.9 Å². The summed E-state index contributed by atoms with van der Waals surface area (Å²) >= 11 is 6.82. The molecule has 0 amide bonds. The van der Waals surface area contributed by atoms with E-state index in [9.17, 15) is 0 Å². The number of thiazole rings is 1. The molecule has 0 N–H and O–H groups in total. The van der Waals surface area contributed by atoms with Crippen molar-refractivity contribution in [2.24, 2.45) is 0 Å². The van der Waals surface area contributed by atoms with Gasteiger partial charge in [0, 0.05) is 19.7 Å². The van der Waals surface area contributed by atoms with Crippen molar-refractivity contribution in [1.29, 1.82) is 5.26 Å². The Bertz CT molecular complexity index is 908. The first-order chi connectivity index (χ1) is 11.1. The van der Waals surface area contributed by atoms with E-state index in [1.165, 1.54) is 0 Å². The summed E-state index contributed by atoms with van der Waals surface area (Å²) in [6, 6.07) is 13.4. The van der Waals surface area contributed by atoms with Gasteiger partial charge in [-0.15, -0.1) is 11.3 Å². The largest absolute Gasteiger partial charge is 0.431 e. The van der Waals surface area contributed by atoms with Crippen LogP contribution in [0, 0.1) is 11.3 Å². The Morgan fingerprint density at radius 3 is 2.61 bits per heavy atom. The van der Waals surface area contributed by atoms with Crippen LogP contribution in [0.4, 0.5) is 0 Å². The fourth-order valence-corrected chi connectivity index (χ4v) is 3.10. The van der Waals surface area contributed by atoms with E-state index in [0.29, 0.717) is 16.5 Å². The van der Waals surface area contributed by atoms with E-state index in [1.807, 2.05) is 43.9 Å². The van der Waals surface area contributed by atoms with Gasteiger partial charge < -0.3 is 9.64 Å². The van der Waals surface area contributed by atoms with Crippen molar-refractivity contribution in [3.63, 3.8) is 0 Å². The first-order valence-electron chi connectivity index (χ1n) is 6.86. The van der Waals surface area contributed by atoms with Gasteiger partial charge in [-0.3, -0.25) is 0 Å². The Hall–Kier alpha value is -2.49. The molecular formula is C17H13N3OS2. The summed E-state index contributed by atoms with van der Waals surface area (Å²) in [7, 11) is 3.68. The van der Waals surface area contributed by atoms with E-state index < -0.39 is 0 Å². The van der Waals surface area contributed by atoms with Crippen LogP contribution in [0.3, 0.4) is 0 Å². The highest BCUT2D eigenvalue weighted by molar-refractivity contribution is 7.80. The fourth-order valence-electron chi connectivity index (χ4n) is 2.17. The smallest absolute Gasteiger partial charge is 0.264 e. The van der Waals surface area contributed by atoms with Gasteiger partial charge in [-0.2, -0.15) is 5.26 Å². The number of aromatic nitrogens is 1. The molecule has 1 heterocycles. The lowest BCUT2D eigenvalue weighted by atomic mass is 10.0. The monoisotopic (exact) mass is 339 g/mol.